The third-order valence-corrected chi connectivity index (χ3v) is 3.89. The van der Waals surface area contributed by atoms with E-state index in [0.29, 0.717) is 18.7 Å². The first-order chi connectivity index (χ1) is 10.1. The van der Waals surface area contributed by atoms with Gasteiger partial charge in [-0.1, -0.05) is 18.2 Å². The van der Waals surface area contributed by atoms with Gasteiger partial charge >= 0.3 is 0 Å². The normalized spacial score (nSPS) is 17.8. The highest BCUT2D eigenvalue weighted by atomic mass is 16.2. The lowest BCUT2D eigenvalue weighted by Gasteiger charge is -2.28. The zero-order valence-corrected chi connectivity index (χ0v) is 12.7. The molecule has 1 atom stereocenters. The molecular weight excluding hydrogens is 266 g/mol. The van der Waals surface area contributed by atoms with E-state index in [4.69, 9.17) is 0 Å². The first kappa shape index (κ1) is 15.5. The van der Waals surface area contributed by atoms with E-state index >= 15 is 0 Å². The standard InChI is InChI=1S/C16H23N3O2/c1-17-10-12-18(2)16(21)14-9-6-11-19(14)15(20)13-7-4-3-5-8-13/h3-5,7-8,14,17H,6,9-12H2,1-2H3. The summed E-state index contributed by atoms with van der Waals surface area (Å²) in [6.07, 6.45) is 1.64. The van der Waals surface area contributed by atoms with Gasteiger partial charge in [0.25, 0.3) is 5.91 Å². The molecule has 1 saturated heterocycles. The van der Waals surface area contributed by atoms with Gasteiger partial charge in [-0.15, -0.1) is 0 Å². The third-order valence-electron chi connectivity index (χ3n) is 3.89. The number of likely N-dealkylation sites (tertiary alicyclic amines) is 1. The summed E-state index contributed by atoms with van der Waals surface area (Å²) in [5, 5.41) is 3.03. The molecule has 5 heteroatoms. The third kappa shape index (κ3) is 3.61. The molecule has 0 saturated carbocycles. The number of nitrogens with one attached hydrogen (secondary N) is 1. The minimum atomic E-state index is -0.320. The highest BCUT2D eigenvalue weighted by molar-refractivity contribution is 5.97. The van der Waals surface area contributed by atoms with Crippen molar-refractivity contribution in [2.75, 3.05) is 33.7 Å². The van der Waals surface area contributed by atoms with Gasteiger partial charge in [-0.3, -0.25) is 9.59 Å². The highest BCUT2D eigenvalue weighted by Gasteiger charge is 2.35. The molecule has 21 heavy (non-hydrogen) atoms. The van der Waals surface area contributed by atoms with Crippen LogP contribution in [0.25, 0.3) is 0 Å². The molecule has 114 valence electrons. The second-order valence-electron chi connectivity index (χ2n) is 5.39. The van der Waals surface area contributed by atoms with Crippen LogP contribution in [0.1, 0.15) is 23.2 Å². The maximum atomic E-state index is 12.5. The average molecular weight is 289 g/mol. The van der Waals surface area contributed by atoms with Gasteiger partial charge in [-0.05, 0) is 32.0 Å². The molecular formula is C16H23N3O2. The fraction of sp³-hybridized carbons (Fsp3) is 0.500. The lowest BCUT2D eigenvalue weighted by molar-refractivity contribution is -0.133. The first-order valence-electron chi connectivity index (χ1n) is 7.40. The molecule has 1 fully saturated rings. The number of hydrogen-bond donors (Lipinski definition) is 1. The van der Waals surface area contributed by atoms with Crippen LogP contribution < -0.4 is 5.32 Å². The maximum absolute atomic E-state index is 12.5. The Morgan fingerprint density at radius 1 is 1.33 bits per heavy atom. The zero-order chi connectivity index (χ0) is 15.2. The molecule has 0 bridgehead atoms. The molecule has 5 nitrogen and oxygen atoms in total. The van der Waals surface area contributed by atoms with Gasteiger partial charge in [0.2, 0.25) is 5.91 Å². The molecule has 1 aromatic carbocycles. The van der Waals surface area contributed by atoms with Crippen LogP contribution in [0.4, 0.5) is 0 Å². The van der Waals surface area contributed by atoms with Crippen LogP contribution in [0.5, 0.6) is 0 Å². The molecule has 0 spiro atoms. The Labute approximate surface area is 125 Å². The molecule has 1 heterocycles. The van der Waals surface area contributed by atoms with Crippen molar-refractivity contribution >= 4 is 11.8 Å². The summed E-state index contributed by atoms with van der Waals surface area (Å²) in [5.41, 5.74) is 0.648. The number of hydrogen-bond acceptors (Lipinski definition) is 3. The Balaban J connectivity index is 2.06. The van der Waals surface area contributed by atoms with E-state index in [1.54, 1.807) is 29.0 Å². The van der Waals surface area contributed by atoms with E-state index in [0.717, 1.165) is 19.4 Å². The Morgan fingerprint density at radius 3 is 2.71 bits per heavy atom. The summed E-state index contributed by atoms with van der Waals surface area (Å²) in [7, 11) is 3.66. The number of amides is 2. The largest absolute Gasteiger partial charge is 0.343 e. The SMILES string of the molecule is CNCCN(C)C(=O)C1CCCN1C(=O)c1ccccc1. The lowest BCUT2D eigenvalue weighted by Crippen LogP contribution is -2.47. The minimum Gasteiger partial charge on any atom is -0.343 e. The van der Waals surface area contributed by atoms with Crippen molar-refractivity contribution in [2.24, 2.45) is 0 Å². The second-order valence-corrected chi connectivity index (χ2v) is 5.39. The summed E-state index contributed by atoms with van der Waals surface area (Å²) in [6, 6.07) is 8.85. The number of nitrogens with zero attached hydrogens (tertiary/aromatic N) is 2. The van der Waals surface area contributed by atoms with E-state index < -0.39 is 0 Å². The van der Waals surface area contributed by atoms with Crippen molar-refractivity contribution in [3.8, 4) is 0 Å². The van der Waals surface area contributed by atoms with Gasteiger partial charge < -0.3 is 15.1 Å². The van der Waals surface area contributed by atoms with E-state index in [1.807, 2.05) is 25.2 Å². The van der Waals surface area contributed by atoms with Gasteiger partial charge in [0.15, 0.2) is 0 Å². The van der Waals surface area contributed by atoms with Crippen LogP contribution in [0, 0.1) is 0 Å². The van der Waals surface area contributed by atoms with Crippen LogP contribution in [-0.2, 0) is 4.79 Å². The van der Waals surface area contributed by atoms with Crippen molar-refractivity contribution in [3.63, 3.8) is 0 Å². The molecule has 1 unspecified atom stereocenters. The van der Waals surface area contributed by atoms with Gasteiger partial charge in [-0.2, -0.15) is 0 Å². The zero-order valence-electron chi connectivity index (χ0n) is 12.7. The predicted octanol–water partition coefficient (Wildman–Crippen LogP) is 0.969. The second kappa shape index (κ2) is 7.22. The van der Waals surface area contributed by atoms with Crippen LogP contribution in [-0.4, -0.2) is 61.4 Å². The first-order valence-corrected chi connectivity index (χ1v) is 7.40. The van der Waals surface area contributed by atoms with Crippen molar-refractivity contribution in [1.82, 2.24) is 15.1 Å². The van der Waals surface area contributed by atoms with E-state index in [1.165, 1.54) is 0 Å². The molecule has 0 radical (unpaired) electrons. The van der Waals surface area contributed by atoms with E-state index in [9.17, 15) is 9.59 Å². The summed E-state index contributed by atoms with van der Waals surface area (Å²) >= 11 is 0. The van der Waals surface area contributed by atoms with Crippen molar-refractivity contribution in [3.05, 3.63) is 35.9 Å². The monoisotopic (exact) mass is 289 g/mol. The van der Waals surface area contributed by atoms with Gasteiger partial charge in [0, 0.05) is 32.2 Å². The highest BCUT2D eigenvalue weighted by Crippen LogP contribution is 2.21. The maximum Gasteiger partial charge on any atom is 0.254 e. The summed E-state index contributed by atoms with van der Waals surface area (Å²) in [6.45, 7) is 2.06. The van der Waals surface area contributed by atoms with E-state index in [2.05, 4.69) is 5.32 Å². The van der Waals surface area contributed by atoms with Gasteiger partial charge in [-0.25, -0.2) is 0 Å². The molecule has 0 aliphatic carbocycles. The summed E-state index contributed by atoms with van der Waals surface area (Å²) < 4.78 is 0. The summed E-state index contributed by atoms with van der Waals surface area (Å²) in [5.74, 6) is -0.0134. The quantitative estimate of drug-likeness (QED) is 0.879. The fourth-order valence-electron chi connectivity index (χ4n) is 2.66. The Bertz CT molecular complexity index is 490. The van der Waals surface area contributed by atoms with E-state index in [-0.39, 0.29) is 17.9 Å². The van der Waals surface area contributed by atoms with Gasteiger partial charge in [0.1, 0.15) is 6.04 Å². The number of rotatable bonds is 5. The van der Waals surface area contributed by atoms with Crippen molar-refractivity contribution < 1.29 is 9.59 Å². The van der Waals surface area contributed by atoms with Crippen molar-refractivity contribution in [1.29, 1.82) is 0 Å². The molecule has 1 aliphatic rings. The Kier molecular flexibility index (Phi) is 5.33. The van der Waals surface area contributed by atoms with Crippen molar-refractivity contribution in [2.45, 2.75) is 18.9 Å². The molecule has 2 amide bonds. The van der Waals surface area contributed by atoms with Crippen LogP contribution in [0.15, 0.2) is 30.3 Å². The number of likely N-dealkylation sites (N-methyl/N-ethyl adjacent to an activating group) is 2. The Morgan fingerprint density at radius 2 is 2.05 bits per heavy atom. The topological polar surface area (TPSA) is 52.7 Å². The summed E-state index contributed by atoms with van der Waals surface area (Å²) in [4.78, 5) is 28.5. The number of carbonyl (C=O) groups excluding carboxylic acids is 2. The number of benzene rings is 1. The molecule has 2 rings (SSSR count). The Hall–Kier alpha value is -1.88. The van der Waals surface area contributed by atoms with Crippen LogP contribution in [0.3, 0.4) is 0 Å². The van der Waals surface area contributed by atoms with Gasteiger partial charge in [0.05, 0.1) is 0 Å². The fourth-order valence-corrected chi connectivity index (χ4v) is 2.66. The van der Waals surface area contributed by atoms with Crippen LogP contribution in [0.2, 0.25) is 0 Å². The molecule has 1 N–H and O–H groups in total. The minimum absolute atomic E-state index is 0.0343. The number of carbonyl (C=O) groups is 2. The van der Waals surface area contributed by atoms with Crippen LogP contribution >= 0.6 is 0 Å². The predicted molar refractivity (Wildman–Crippen MR) is 82.1 cm³/mol. The molecule has 1 aliphatic heterocycles. The smallest absolute Gasteiger partial charge is 0.254 e. The molecule has 1 aromatic rings. The molecule has 0 aromatic heterocycles. The lowest BCUT2D eigenvalue weighted by atomic mass is 10.1. The average Bonchev–Trinajstić information content (AvgIpc) is 3.01.